The van der Waals surface area contributed by atoms with Crippen molar-refractivity contribution in [2.45, 2.75) is 34.1 Å². The molecule has 2 aromatic rings. The number of aromatic amines is 1. The van der Waals surface area contributed by atoms with Gasteiger partial charge >= 0.3 is 5.97 Å². The van der Waals surface area contributed by atoms with Crippen LogP contribution in [0.4, 0.5) is 0 Å². The van der Waals surface area contributed by atoms with Crippen molar-refractivity contribution in [1.29, 1.82) is 0 Å². The van der Waals surface area contributed by atoms with Crippen LogP contribution in [0.3, 0.4) is 0 Å². The van der Waals surface area contributed by atoms with Crippen LogP contribution in [0.15, 0.2) is 18.2 Å². The Balaban J connectivity index is 0.000000686. The van der Waals surface area contributed by atoms with Gasteiger partial charge in [-0.3, -0.25) is 0 Å². The molecule has 2 rings (SSSR count). The van der Waals surface area contributed by atoms with E-state index < -0.39 is 5.97 Å². The standard InChI is InChI=1S/C12H13NO2.C2H6/c1-3-9-7(2)13-11-5-4-8(12(14)15)6-10(9)11;1-2/h4-6,13H,3H2,1-2H3,(H,14,15);1-2H3. The van der Waals surface area contributed by atoms with Crippen molar-refractivity contribution in [2.75, 3.05) is 0 Å². The second-order valence-electron chi connectivity index (χ2n) is 3.65. The van der Waals surface area contributed by atoms with Crippen LogP contribution in [0.5, 0.6) is 0 Å². The summed E-state index contributed by atoms with van der Waals surface area (Å²) in [6.07, 6.45) is 0.912. The molecule has 0 aliphatic rings. The Kier molecular flexibility index (Phi) is 4.32. The zero-order valence-electron chi connectivity index (χ0n) is 10.8. The van der Waals surface area contributed by atoms with Crippen molar-refractivity contribution in [1.82, 2.24) is 4.98 Å². The SMILES string of the molecule is CC.CCc1c(C)[nH]c2ccc(C(=O)O)cc12. The minimum Gasteiger partial charge on any atom is -0.478 e. The molecule has 17 heavy (non-hydrogen) atoms. The van der Waals surface area contributed by atoms with Crippen LogP contribution >= 0.6 is 0 Å². The van der Waals surface area contributed by atoms with E-state index in [4.69, 9.17) is 5.11 Å². The van der Waals surface area contributed by atoms with E-state index >= 15 is 0 Å². The van der Waals surface area contributed by atoms with Gasteiger partial charge in [-0.1, -0.05) is 20.8 Å². The first-order valence-electron chi connectivity index (χ1n) is 5.98. The summed E-state index contributed by atoms with van der Waals surface area (Å²) >= 11 is 0. The van der Waals surface area contributed by atoms with Gasteiger partial charge in [0.25, 0.3) is 0 Å². The van der Waals surface area contributed by atoms with Crippen LogP contribution in [0.1, 0.15) is 42.4 Å². The molecule has 0 spiro atoms. The van der Waals surface area contributed by atoms with Gasteiger partial charge in [-0.05, 0) is 37.1 Å². The van der Waals surface area contributed by atoms with E-state index in [2.05, 4.69) is 11.9 Å². The zero-order chi connectivity index (χ0) is 13.0. The Morgan fingerprint density at radius 3 is 2.53 bits per heavy atom. The number of benzene rings is 1. The van der Waals surface area contributed by atoms with Gasteiger partial charge < -0.3 is 10.1 Å². The summed E-state index contributed by atoms with van der Waals surface area (Å²) in [6, 6.07) is 5.19. The van der Waals surface area contributed by atoms with Crippen molar-refractivity contribution in [3.63, 3.8) is 0 Å². The molecule has 92 valence electrons. The number of nitrogens with one attached hydrogen (secondary N) is 1. The van der Waals surface area contributed by atoms with Gasteiger partial charge in [-0.25, -0.2) is 4.79 Å². The quantitative estimate of drug-likeness (QED) is 0.829. The molecule has 0 amide bonds. The Hall–Kier alpha value is -1.77. The number of aryl methyl sites for hydroxylation is 2. The van der Waals surface area contributed by atoms with Crippen LogP contribution in [0, 0.1) is 6.92 Å². The van der Waals surface area contributed by atoms with E-state index in [0.717, 1.165) is 23.0 Å². The first-order valence-corrected chi connectivity index (χ1v) is 5.98. The number of hydrogen-bond acceptors (Lipinski definition) is 1. The molecule has 0 aliphatic carbocycles. The zero-order valence-corrected chi connectivity index (χ0v) is 10.8. The molecular weight excluding hydrogens is 214 g/mol. The van der Waals surface area contributed by atoms with E-state index in [1.807, 2.05) is 26.8 Å². The largest absolute Gasteiger partial charge is 0.478 e. The predicted molar refractivity (Wildman–Crippen MR) is 70.7 cm³/mol. The molecule has 0 atom stereocenters. The van der Waals surface area contributed by atoms with Crippen molar-refractivity contribution in [3.8, 4) is 0 Å². The number of fused-ring (bicyclic) bond motifs is 1. The lowest BCUT2D eigenvalue weighted by atomic mass is 10.1. The molecule has 0 unspecified atom stereocenters. The van der Waals surface area contributed by atoms with Crippen molar-refractivity contribution < 1.29 is 9.90 Å². The molecule has 0 saturated heterocycles. The number of rotatable bonds is 2. The molecule has 1 aromatic carbocycles. The fraction of sp³-hybridized carbons (Fsp3) is 0.357. The van der Waals surface area contributed by atoms with E-state index in [1.54, 1.807) is 12.1 Å². The number of hydrogen-bond donors (Lipinski definition) is 2. The molecule has 3 heteroatoms. The molecule has 2 N–H and O–H groups in total. The summed E-state index contributed by atoms with van der Waals surface area (Å²) in [7, 11) is 0. The Morgan fingerprint density at radius 2 is 2.00 bits per heavy atom. The van der Waals surface area contributed by atoms with E-state index in [-0.39, 0.29) is 0 Å². The highest BCUT2D eigenvalue weighted by Crippen LogP contribution is 2.23. The maximum atomic E-state index is 10.8. The number of carboxylic acid groups (broad SMARTS) is 1. The van der Waals surface area contributed by atoms with E-state index in [0.29, 0.717) is 5.56 Å². The average Bonchev–Trinajstić information content (AvgIpc) is 2.65. The predicted octanol–water partition coefficient (Wildman–Crippen LogP) is 3.76. The topological polar surface area (TPSA) is 53.1 Å². The average molecular weight is 233 g/mol. The van der Waals surface area contributed by atoms with Gasteiger partial charge in [-0.15, -0.1) is 0 Å². The first kappa shape index (κ1) is 13.3. The molecule has 0 aliphatic heterocycles. The third-order valence-corrected chi connectivity index (χ3v) is 2.72. The number of carboxylic acids is 1. The minimum absolute atomic E-state index is 0.344. The van der Waals surface area contributed by atoms with Crippen molar-refractivity contribution >= 4 is 16.9 Å². The number of carbonyl (C=O) groups is 1. The number of H-pyrrole nitrogens is 1. The highest BCUT2D eigenvalue weighted by atomic mass is 16.4. The summed E-state index contributed by atoms with van der Waals surface area (Å²) in [4.78, 5) is 14.1. The van der Waals surface area contributed by atoms with Crippen LogP contribution in [0.2, 0.25) is 0 Å². The first-order chi connectivity index (χ1) is 8.13. The van der Waals surface area contributed by atoms with Crippen molar-refractivity contribution in [3.05, 3.63) is 35.0 Å². The summed E-state index contributed by atoms with van der Waals surface area (Å²) in [5.41, 5.74) is 3.67. The second-order valence-corrected chi connectivity index (χ2v) is 3.65. The number of aromatic nitrogens is 1. The van der Waals surface area contributed by atoms with E-state index in [1.165, 1.54) is 5.56 Å². The third-order valence-electron chi connectivity index (χ3n) is 2.72. The van der Waals surface area contributed by atoms with E-state index in [9.17, 15) is 4.79 Å². The lowest BCUT2D eigenvalue weighted by molar-refractivity contribution is 0.0697. The Labute approximate surface area is 101 Å². The lowest BCUT2D eigenvalue weighted by Crippen LogP contribution is -1.95. The Morgan fingerprint density at radius 1 is 1.35 bits per heavy atom. The third kappa shape index (κ3) is 2.49. The maximum absolute atomic E-state index is 10.8. The fourth-order valence-electron chi connectivity index (χ4n) is 1.97. The monoisotopic (exact) mass is 233 g/mol. The molecule has 0 fully saturated rings. The summed E-state index contributed by atoms with van der Waals surface area (Å²) in [6.45, 7) is 8.09. The van der Waals surface area contributed by atoms with Crippen LogP contribution in [-0.4, -0.2) is 16.1 Å². The molecule has 0 radical (unpaired) electrons. The van der Waals surface area contributed by atoms with Crippen molar-refractivity contribution in [2.24, 2.45) is 0 Å². The fourth-order valence-corrected chi connectivity index (χ4v) is 1.97. The summed E-state index contributed by atoms with van der Waals surface area (Å²) in [5, 5.41) is 9.93. The van der Waals surface area contributed by atoms with Gasteiger partial charge in [-0.2, -0.15) is 0 Å². The summed E-state index contributed by atoms with van der Waals surface area (Å²) < 4.78 is 0. The highest BCUT2D eigenvalue weighted by molar-refractivity contribution is 5.95. The Bertz CT molecular complexity index is 526. The van der Waals surface area contributed by atoms with Gasteiger partial charge in [0, 0.05) is 16.6 Å². The maximum Gasteiger partial charge on any atom is 0.335 e. The number of aromatic carboxylic acids is 1. The van der Waals surface area contributed by atoms with Crippen LogP contribution in [-0.2, 0) is 6.42 Å². The normalized spacial score (nSPS) is 9.88. The molecule has 0 saturated carbocycles. The van der Waals surface area contributed by atoms with Gasteiger partial charge in [0.15, 0.2) is 0 Å². The smallest absolute Gasteiger partial charge is 0.335 e. The minimum atomic E-state index is -0.877. The van der Waals surface area contributed by atoms with Gasteiger partial charge in [0.2, 0.25) is 0 Å². The molecule has 1 aromatic heterocycles. The molecule has 3 nitrogen and oxygen atoms in total. The van der Waals surface area contributed by atoms with Crippen LogP contribution < -0.4 is 0 Å². The van der Waals surface area contributed by atoms with Gasteiger partial charge in [0.1, 0.15) is 0 Å². The van der Waals surface area contributed by atoms with Gasteiger partial charge in [0.05, 0.1) is 5.56 Å². The molecular formula is C14H19NO2. The molecule has 0 bridgehead atoms. The molecule has 1 heterocycles. The van der Waals surface area contributed by atoms with Crippen LogP contribution in [0.25, 0.3) is 10.9 Å². The highest BCUT2D eigenvalue weighted by Gasteiger charge is 2.09. The summed E-state index contributed by atoms with van der Waals surface area (Å²) in [5.74, 6) is -0.877. The second kappa shape index (κ2) is 5.53. The lowest BCUT2D eigenvalue weighted by Gasteiger charge is -1.97.